The summed E-state index contributed by atoms with van der Waals surface area (Å²) in [6.45, 7) is 0.277. The van der Waals surface area contributed by atoms with E-state index >= 15 is 0 Å². The average Bonchev–Trinajstić information content (AvgIpc) is 2.64. The fraction of sp³-hybridized carbons (Fsp3) is 0.0556. The van der Waals surface area contributed by atoms with Gasteiger partial charge in [-0.3, -0.25) is 4.79 Å². The highest BCUT2D eigenvalue weighted by molar-refractivity contribution is 6.36. The van der Waals surface area contributed by atoms with E-state index in [0.29, 0.717) is 27.2 Å². The standard InChI is InChI=1S/C18H13Cl2FN4O/c19-13-3-6-16(15(20)7-13)25-18-23-9-12(10-24-18)17(26)22-8-11-1-4-14(21)5-2-11/h1-7,9-10H,8H2,(H,22,26)(H,23,24,25). The quantitative estimate of drug-likeness (QED) is 0.668. The van der Waals surface area contributed by atoms with E-state index in [2.05, 4.69) is 20.6 Å². The molecule has 0 aliphatic heterocycles. The summed E-state index contributed by atoms with van der Waals surface area (Å²) in [5, 5.41) is 6.63. The van der Waals surface area contributed by atoms with Crippen LogP contribution in [0.5, 0.6) is 0 Å². The SMILES string of the molecule is O=C(NCc1ccc(F)cc1)c1cnc(Nc2ccc(Cl)cc2Cl)nc1. The van der Waals surface area contributed by atoms with Crippen LogP contribution >= 0.6 is 23.2 Å². The Morgan fingerprint density at radius 1 is 1.04 bits per heavy atom. The first-order chi connectivity index (χ1) is 12.5. The maximum atomic E-state index is 12.9. The third-order valence-electron chi connectivity index (χ3n) is 3.46. The fourth-order valence-corrected chi connectivity index (χ4v) is 2.56. The number of halogens is 3. The number of hydrogen-bond acceptors (Lipinski definition) is 4. The number of nitrogens with one attached hydrogen (secondary N) is 2. The van der Waals surface area contributed by atoms with Crippen molar-refractivity contribution >= 4 is 40.7 Å². The summed E-state index contributed by atoms with van der Waals surface area (Å²) < 4.78 is 12.9. The highest BCUT2D eigenvalue weighted by Gasteiger charge is 2.08. The lowest BCUT2D eigenvalue weighted by atomic mass is 10.2. The lowest BCUT2D eigenvalue weighted by Gasteiger charge is -2.08. The topological polar surface area (TPSA) is 66.9 Å². The van der Waals surface area contributed by atoms with Crippen LogP contribution in [0.3, 0.4) is 0 Å². The second-order valence-corrected chi connectivity index (χ2v) is 6.20. The van der Waals surface area contributed by atoms with Crippen LogP contribution in [0.2, 0.25) is 10.0 Å². The van der Waals surface area contributed by atoms with Crippen LogP contribution < -0.4 is 10.6 Å². The maximum absolute atomic E-state index is 12.9. The number of hydrogen-bond donors (Lipinski definition) is 2. The lowest BCUT2D eigenvalue weighted by Crippen LogP contribution is -2.23. The van der Waals surface area contributed by atoms with Crippen molar-refractivity contribution in [2.45, 2.75) is 6.54 Å². The molecule has 0 radical (unpaired) electrons. The second kappa shape index (κ2) is 8.12. The monoisotopic (exact) mass is 390 g/mol. The molecule has 0 saturated carbocycles. The highest BCUT2D eigenvalue weighted by Crippen LogP contribution is 2.27. The molecule has 8 heteroatoms. The van der Waals surface area contributed by atoms with Crippen LogP contribution in [-0.4, -0.2) is 15.9 Å². The van der Waals surface area contributed by atoms with E-state index in [-0.39, 0.29) is 18.3 Å². The number of rotatable bonds is 5. The van der Waals surface area contributed by atoms with Crippen molar-refractivity contribution in [3.8, 4) is 0 Å². The molecule has 0 spiro atoms. The van der Waals surface area contributed by atoms with Gasteiger partial charge in [0.1, 0.15) is 5.82 Å². The Bertz CT molecular complexity index is 917. The molecule has 1 heterocycles. The molecule has 1 amide bonds. The summed E-state index contributed by atoms with van der Waals surface area (Å²) in [5.74, 6) is -0.355. The molecule has 2 N–H and O–H groups in total. The molecule has 26 heavy (non-hydrogen) atoms. The zero-order valence-electron chi connectivity index (χ0n) is 13.3. The first-order valence-corrected chi connectivity index (χ1v) is 8.33. The Hall–Kier alpha value is -2.70. The van der Waals surface area contributed by atoms with Gasteiger partial charge in [-0.1, -0.05) is 35.3 Å². The van der Waals surface area contributed by atoms with Crippen LogP contribution in [0, 0.1) is 5.82 Å². The largest absolute Gasteiger partial charge is 0.348 e. The van der Waals surface area contributed by atoms with Gasteiger partial charge in [0.05, 0.1) is 16.3 Å². The van der Waals surface area contributed by atoms with Gasteiger partial charge < -0.3 is 10.6 Å². The molecule has 3 aromatic rings. The molecule has 0 aliphatic rings. The van der Waals surface area contributed by atoms with Gasteiger partial charge in [-0.25, -0.2) is 14.4 Å². The molecule has 0 saturated heterocycles. The Balaban J connectivity index is 1.61. The fourth-order valence-electron chi connectivity index (χ4n) is 2.11. The van der Waals surface area contributed by atoms with Gasteiger partial charge >= 0.3 is 0 Å². The number of carbonyl (C=O) groups excluding carboxylic acids is 1. The molecule has 0 bridgehead atoms. The minimum Gasteiger partial charge on any atom is -0.348 e. The molecule has 132 valence electrons. The zero-order valence-corrected chi connectivity index (χ0v) is 14.9. The van der Waals surface area contributed by atoms with Crippen molar-refractivity contribution < 1.29 is 9.18 Å². The smallest absolute Gasteiger partial charge is 0.254 e. The van der Waals surface area contributed by atoms with E-state index in [0.717, 1.165) is 5.56 Å². The summed E-state index contributed by atoms with van der Waals surface area (Å²) >= 11 is 11.9. The molecule has 5 nitrogen and oxygen atoms in total. The Labute approximate surface area is 159 Å². The number of benzene rings is 2. The summed E-state index contributed by atoms with van der Waals surface area (Å²) in [5.41, 5.74) is 1.70. The van der Waals surface area contributed by atoms with Crippen LogP contribution in [0.4, 0.5) is 16.0 Å². The predicted molar refractivity (Wildman–Crippen MR) is 99.3 cm³/mol. The van der Waals surface area contributed by atoms with Crippen molar-refractivity contribution in [1.82, 2.24) is 15.3 Å². The van der Waals surface area contributed by atoms with Gasteiger partial charge in [0.25, 0.3) is 5.91 Å². The van der Waals surface area contributed by atoms with Gasteiger partial charge in [0.15, 0.2) is 0 Å². The van der Waals surface area contributed by atoms with Crippen molar-refractivity contribution in [2.75, 3.05) is 5.32 Å². The molecule has 3 rings (SSSR count). The third-order valence-corrected chi connectivity index (χ3v) is 4.01. The van der Waals surface area contributed by atoms with E-state index in [4.69, 9.17) is 23.2 Å². The number of anilines is 2. The molecule has 0 atom stereocenters. The molecule has 1 aromatic heterocycles. The normalized spacial score (nSPS) is 10.4. The van der Waals surface area contributed by atoms with Gasteiger partial charge in [-0.15, -0.1) is 0 Å². The zero-order chi connectivity index (χ0) is 18.5. The minimum atomic E-state index is -0.328. The predicted octanol–water partition coefficient (Wildman–Crippen LogP) is 4.60. The highest BCUT2D eigenvalue weighted by atomic mass is 35.5. The van der Waals surface area contributed by atoms with Gasteiger partial charge in [0, 0.05) is 24.0 Å². The number of nitrogens with zero attached hydrogens (tertiary/aromatic N) is 2. The molecule has 0 unspecified atom stereocenters. The van der Waals surface area contributed by atoms with Crippen LogP contribution in [0.1, 0.15) is 15.9 Å². The summed E-state index contributed by atoms with van der Waals surface area (Å²) in [4.78, 5) is 20.3. The van der Waals surface area contributed by atoms with Crippen molar-refractivity contribution in [3.05, 3.63) is 81.8 Å². The summed E-state index contributed by atoms with van der Waals surface area (Å²) in [6.07, 6.45) is 2.80. The van der Waals surface area contributed by atoms with E-state index in [9.17, 15) is 9.18 Å². The van der Waals surface area contributed by atoms with Crippen molar-refractivity contribution in [3.63, 3.8) is 0 Å². The Morgan fingerprint density at radius 3 is 2.38 bits per heavy atom. The Morgan fingerprint density at radius 2 is 1.73 bits per heavy atom. The minimum absolute atomic E-state index is 0.277. The summed E-state index contributed by atoms with van der Waals surface area (Å²) in [6, 6.07) is 10.9. The number of carbonyl (C=O) groups is 1. The summed E-state index contributed by atoms with van der Waals surface area (Å²) in [7, 11) is 0. The third kappa shape index (κ3) is 4.68. The average molecular weight is 391 g/mol. The lowest BCUT2D eigenvalue weighted by molar-refractivity contribution is 0.0950. The van der Waals surface area contributed by atoms with E-state index in [1.807, 2.05) is 0 Å². The molecule has 0 fully saturated rings. The first-order valence-electron chi connectivity index (χ1n) is 7.58. The van der Waals surface area contributed by atoms with Crippen molar-refractivity contribution in [2.24, 2.45) is 0 Å². The second-order valence-electron chi connectivity index (χ2n) is 5.35. The van der Waals surface area contributed by atoms with Crippen LogP contribution in [-0.2, 0) is 6.54 Å². The van der Waals surface area contributed by atoms with Gasteiger partial charge in [0.2, 0.25) is 5.95 Å². The van der Waals surface area contributed by atoms with Crippen LogP contribution in [0.15, 0.2) is 54.9 Å². The number of aromatic nitrogens is 2. The van der Waals surface area contributed by atoms with Gasteiger partial charge in [-0.05, 0) is 35.9 Å². The molecule has 2 aromatic carbocycles. The van der Waals surface area contributed by atoms with Gasteiger partial charge in [-0.2, -0.15) is 0 Å². The first kappa shape index (κ1) is 18.1. The van der Waals surface area contributed by atoms with E-state index in [1.165, 1.54) is 24.5 Å². The Kier molecular flexibility index (Phi) is 5.65. The van der Waals surface area contributed by atoms with E-state index < -0.39 is 0 Å². The maximum Gasteiger partial charge on any atom is 0.254 e. The van der Waals surface area contributed by atoms with Crippen molar-refractivity contribution in [1.29, 1.82) is 0 Å². The van der Waals surface area contributed by atoms with E-state index in [1.54, 1.807) is 30.3 Å². The molecule has 0 aliphatic carbocycles. The molecular formula is C18H13Cl2FN4O. The molecular weight excluding hydrogens is 378 g/mol. The van der Waals surface area contributed by atoms with Crippen LogP contribution in [0.25, 0.3) is 0 Å². The number of amides is 1.